The minimum atomic E-state index is -0.513. The van der Waals surface area contributed by atoms with E-state index in [2.05, 4.69) is 19.2 Å². The molecule has 0 bridgehead atoms. The van der Waals surface area contributed by atoms with Crippen LogP contribution in [-0.2, 0) is 4.79 Å². The topological polar surface area (TPSA) is 38.3 Å². The maximum absolute atomic E-state index is 12.1. The lowest BCUT2D eigenvalue weighted by Crippen LogP contribution is -2.44. The summed E-state index contributed by atoms with van der Waals surface area (Å²) < 4.78 is 5.69. The van der Waals surface area contributed by atoms with Crippen LogP contribution >= 0.6 is 11.6 Å². The molecule has 1 N–H and O–H groups in total. The molecule has 1 rings (SSSR count). The fraction of sp³-hybridized carbons (Fsp3) is 0.533. The van der Waals surface area contributed by atoms with Gasteiger partial charge in [-0.3, -0.25) is 4.79 Å². The predicted octanol–water partition coefficient (Wildman–Crippen LogP) is 3.66. The fourth-order valence-corrected chi connectivity index (χ4v) is 1.68. The van der Waals surface area contributed by atoms with Gasteiger partial charge in [0.2, 0.25) is 0 Å². The zero-order valence-corrected chi connectivity index (χ0v) is 12.7. The molecule has 0 spiro atoms. The molecule has 1 amide bonds. The monoisotopic (exact) mass is 283 g/mol. The van der Waals surface area contributed by atoms with Crippen LogP contribution in [0, 0.1) is 5.92 Å². The predicted molar refractivity (Wildman–Crippen MR) is 78.6 cm³/mol. The largest absolute Gasteiger partial charge is 0.479 e. The van der Waals surface area contributed by atoms with Gasteiger partial charge in [0.1, 0.15) is 5.75 Å². The van der Waals surface area contributed by atoms with E-state index < -0.39 is 6.10 Å². The summed E-state index contributed by atoms with van der Waals surface area (Å²) in [5.41, 5.74) is 0. The minimum Gasteiger partial charge on any atom is -0.479 e. The summed E-state index contributed by atoms with van der Waals surface area (Å²) in [6.45, 7) is 8.05. The summed E-state index contributed by atoms with van der Waals surface area (Å²) in [4.78, 5) is 12.1. The Labute approximate surface area is 120 Å². The first-order chi connectivity index (χ1) is 8.95. The smallest absolute Gasteiger partial charge is 0.261 e. The van der Waals surface area contributed by atoms with Crippen LogP contribution in [0.1, 0.15) is 34.1 Å². The lowest BCUT2D eigenvalue weighted by molar-refractivity contribution is -0.129. The van der Waals surface area contributed by atoms with Gasteiger partial charge in [-0.2, -0.15) is 0 Å². The molecule has 1 aromatic carbocycles. The molecule has 0 saturated heterocycles. The van der Waals surface area contributed by atoms with Gasteiger partial charge in [0.05, 0.1) is 5.02 Å². The van der Waals surface area contributed by atoms with E-state index in [4.69, 9.17) is 16.3 Å². The second-order valence-electron chi connectivity index (χ2n) is 4.99. The highest BCUT2D eigenvalue weighted by Crippen LogP contribution is 2.24. The highest BCUT2D eigenvalue weighted by molar-refractivity contribution is 6.32. The fourth-order valence-electron chi connectivity index (χ4n) is 1.50. The number of amides is 1. The molecule has 0 saturated carbocycles. The van der Waals surface area contributed by atoms with Gasteiger partial charge in [0.25, 0.3) is 5.91 Å². The number of para-hydroxylation sites is 1. The van der Waals surface area contributed by atoms with Crippen molar-refractivity contribution in [2.45, 2.75) is 46.3 Å². The van der Waals surface area contributed by atoms with E-state index in [-0.39, 0.29) is 11.9 Å². The number of carbonyl (C=O) groups is 1. The third-order valence-corrected chi connectivity index (χ3v) is 3.45. The Kier molecular flexibility index (Phi) is 6.16. The van der Waals surface area contributed by atoms with E-state index in [1.165, 1.54) is 0 Å². The molecular formula is C15H22ClNO2. The Morgan fingerprint density at radius 3 is 2.47 bits per heavy atom. The van der Waals surface area contributed by atoms with Crippen molar-refractivity contribution in [3.8, 4) is 5.75 Å². The van der Waals surface area contributed by atoms with Crippen LogP contribution in [0.2, 0.25) is 5.02 Å². The molecule has 3 nitrogen and oxygen atoms in total. The van der Waals surface area contributed by atoms with Crippen LogP contribution in [-0.4, -0.2) is 18.1 Å². The third-order valence-electron chi connectivity index (χ3n) is 3.14. The first kappa shape index (κ1) is 15.8. The van der Waals surface area contributed by atoms with Crippen LogP contribution in [0.15, 0.2) is 24.3 Å². The standard InChI is InChI=1S/C15H22ClNO2/c1-5-13(15(18)17-11(4)10(2)3)19-14-9-7-6-8-12(14)16/h6-11,13H,5H2,1-4H3,(H,17,18)/t11-,13+/m0/s1. The molecule has 4 heteroatoms. The van der Waals surface area contributed by atoms with Gasteiger partial charge in [0.15, 0.2) is 6.10 Å². The van der Waals surface area contributed by atoms with Crippen LogP contribution in [0.4, 0.5) is 0 Å². The number of rotatable bonds is 6. The summed E-state index contributed by atoms with van der Waals surface area (Å²) in [7, 11) is 0. The zero-order chi connectivity index (χ0) is 14.4. The van der Waals surface area contributed by atoms with Crippen molar-refractivity contribution in [3.63, 3.8) is 0 Å². The molecule has 0 aliphatic heterocycles. The molecule has 0 heterocycles. The number of nitrogens with one attached hydrogen (secondary N) is 1. The van der Waals surface area contributed by atoms with Gasteiger partial charge < -0.3 is 10.1 Å². The quantitative estimate of drug-likeness (QED) is 0.865. The van der Waals surface area contributed by atoms with E-state index in [9.17, 15) is 4.79 Å². The summed E-state index contributed by atoms with van der Waals surface area (Å²) in [6, 6.07) is 7.30. The Bertz CT molecular complexity index is 420. The summed E-state index contributed by atoms with van der Waals surface area (Å²) >= 11 is 6.03. The summed E-state index contributed by atoms with van der Waals surface area (Å²) in [6.07, 6.45) is 0.0862. The minimum absolute atomic E-state index is 0.0939. The molecule has 0 aliphatic rings. The van der Waals surface area contributed by atoms with E-state index in [1.54, 1.807) is 12.1 Å². The van der Waals surface area contributed by atoms with Crippen molar-refractivity contribution in [2.75, 3.05) is 0 Å². The first-order valence-electron chi connectivity index (χ1n) is 6.67. The Balaban J connectivity index is 2.68. The Morgan fingerprint density at radius 1 is 1.32 bits per heavy atom. The average molecular weight is 284 g/mol. The van der Waals surface area contributed by atoms with Crippen molar-refractivity contribution >= 4 is 17.5 Å². The molecule has 2 atom stereocenters. The van der Waals surface area contributed by atoms with Gasteiger partial charge in [-0.1, -0.05) is 44.5 Å². The van der Waals surface area contributed by atoms with E-state index >= 15 is 0 Å². The van der Waals surface area contributed by atoms with Crippen LogP contribution < -0.4 is 10.1 Å². The Morgan fingerprint density at radius 2 is 1.95 bits per heavy atom. The zero-order valence-electron chi connectivity index (χ0n) is 11.9. The number of ether oxygens (including phenoxy) is 1. The SMILES string of the molecule is CC[C@@H](Oc1ccccc1Cl)C(=O)N[C@@H](C)C(C)C. The second kappa shape index (κ2) is 7.39. The molecule has 0 radical (unpaired) electrons. The number of hydrogen-bond acceptors (Lipinski definition) is 2. The van der Waals surface area contributed by atoms with Crippen molar-refractivity contribution in [2.24, 2.45) is 5.92 Å². The van der Waals surface area contributed by atoms with E-state index in [0.29, 0.717) is 23.1 Å². The summed E-state index contributed by atoms with van der Waals surface area (Å²) in [5.74, 6) is 0.841. The average Bonchev–Trinajstić information content (AvgIpc) is 2.37. The molecule has 0 aliphatic carbocycles. The van der Waals surface area contributed by atoms with Gasteiger partial charge in [-0.15, -0.1) is 0 Å². The third kappa shape index (κ3) is 4.75. The second-order valence-corrected chi connectivity index (χ2v) is 5.39. The Hall–Kier alpha value is -1.22. The summed E-state index contributed by atoms with van der Waals surface area (Å²) in [5, 5.41) is 3.48. The van der Waals surface area contributed by atoms with E-state index in [1.807, 2.05) is 26.0 Å². The maximum Gasteiger partial charge on any atom is 0.261 e. The number of hydrogen-bond donors (Lipinski definition) is 1. The van der Waals surface area contributed by atoms with Crippen LogP contribution in [0.3, 0.4) is 0 Å². The maximum atomic E-state index is 12.1. The number of benzene rings is 1. The molecule has 19 heavy (non-hydrogen) atoms. The van der Waals surface area contributed by atoms with E-state index in [0.717, 1.165) is 0 Å². The van der Waals surface area contributed by atoms with Crippen LogP contribution in [0.25, 0.3) is 0 Å². The molecule has 106 valence electrons. The molecule has 0 fully saturated rings. The van der Waals surface area contributed by atoms with Gasteiger partial charge in [-0.05, 0) is 31.4 Å². The van der Waals surface area contributed by atoms with Crippen molar-refractivity contribution in [3.05, 3.63) is 29.3 Å². The normalized spacial score (nSPS) is 14.0. The van der Waals surface area contributed by atoms with Crippen LogP contribution in [0.5, 0.6) is 5.75 Å². The molecule has 0 unspecified atom stereocenters. The van der Waals surface area contributed by atoms with Crippen molar-refractivity contribution in [1.29, 1.82) is 0 Å². The van der Waals surface area contributed by atoms with Gasteiger partial charge in [0, 0.05) is 6.04 Å². The van der Waals surface area contributed by atoms with Crippen molar-refractivity contribution in [1.82, 2.24) is 5.32 Å². The van der Waals surface area contributed by atoms with Crippen molar-refractivity contribution < 1.29 is 9.53 Å². The molecular weight excluding hydrogens is 262 g/mol. The molecule has 1 aromatic rings. The lowest BCUT2D eigenvalue weighted by Gasteiger charge is -2.22. The molecule has 0 aromatic heterocycles. The number of carbonyl (C=O) groups excluding carboxylic acids is 1. The highest BCUT2D eigenvalue weighted by Gasteiger charge is 2.21. The number of halogens is 1. The van der Waals surface area contributed by atoms with Gasteiger partial charge in [-0.25, -0.2) is 0 Å². The lowest BCUT2D eigenvalue weighted by atomic mass is 10.1. The highest BCUT2D eigenvalue weighted by atomic mass is 35.5. The first-order valence-corrected chi connectivity index (χ1v) is 7.05. The van der Waals surface area contributed by atoms with Gasteiger partial charge >= 0.3 is 0 Å².